The molecule has 0 unspecified atom stereocenters. The number of aryl methyl sites for hydroxylation is 2. The highest BCUT2D eigenvalue weighted by Gasteiger charge is 2.26. The molecule has 0 spiro atoms. The summed E-state index contributed by atoms with van der Waals surface area (Å²) < 4.78 is 14.7. The number of carboxylic acid groups (broad SMARTS) is 2. The Morgan fingerprint density at radius 3 is 1.37 bits per heavy atom. The Morgan fingerprint density at radius 1 is 0.647 bits per heavy atom. The average Bonchev–Trinajstić information content (AvgIpc) is 3.65. The van der Waals surface area contributed by atoms with Crippen LogP contribution in [0.4, 0.5) is 0 Å². The third kappa shape index (κ3) is 6.15. The maximum atomic E-state index is 12.3. The van der Waals surface area contributed by atoms with Gasteiger partial charge in [-0.25, -0.2) is 19.6 Å². The monoisotopic (exact) mass is 730 g/mol. The number of imidazole rings is 2. The number of methoxy groups -OCH3 is 2. The smallest absolute Gasteiger partial charge is 0.336 e. The van der Waals surface area contributed by atoms with E-state index in [0.29, 0.717) is 17.5 Å². The molecule has 0 aliphatic heterocycles. The Bertz CT molecular complexity index is 2270. The number of carbonyl (C=O) groups is 4. The van der Waals surface area contributed by atoms with E-state index in [4.69, 9.17) is 54.1 Å². The van der Waals surface area contributed by atoms with Crippen molar-refractivity contribution in [3.8, 4) is 34.3 Å². The van der Waals surface area contributed by atoms with E-state index >= 15 is 0 Å². The lowest BCUT2D eigenvalue weighted by Crippen LogP contribution is -2.13. The molecule has 14 nitrogen and oxygen atoms in total. The second-order valence-electron chi connectivity index (χ2n) is 11.3. The lowest BCUT2D eigenvalue weighted by atomic mass is 10.1. The topological polar surface area (TPSA) is 215 Å². The number of carbonyl (C=O) groups excluding carboxylic acids is 2. The van der Waals surface area contributed by atoms with E-state index in [2.05, 4.69) is 0 Å². The van der Waals surface area contributed by atoms with Gasteiger partial charge in [0.05, 0.1) is 47.5 Å². The number of aromatic carboxylic acids is 2. The van der Waals surface area contributed by atoms with Crippen LogP contribution in [0, 0.1) is 0 Å². The van der Waals surface area contributed by atoms with Gasteiger partial charge in [0.25, 0.3) is 11.8 Å². The van der Waals surface area contributed by atoms with Gasteiger partial charge in [0.2, 0.25) is 0 Å². The van der Waals surface area contributed by atoms with Crippen molar-refractivity contribution in [1.82, 2.24) is 19.1 Å². The molecule has 0 fully saturated rings. The summed E-state index contributed by atoms with van der Waals surface area (Å²) in [6.45, 7) is 0.462. The highest BCUT2D eigenvalue weighted by Crippen LogP contribution is 2.37. The van der Waals surface area contributed by atoms with Crippen LogP contribution >= 0.6 is 23.2 Å². The van der Waals surface area contributed by atoms with E-state index < -0.39 is 23.8 Å². The zero-order valence-electron chi connectivity index (χ0n) is 26.9. The minimum absolute atomic E-state index is 0.0896. The zero-order chi connectivity index (χ0) is 36.7. The number of ether oxygens (including phenoxy) is 2. The molecular formula is C35H28Cl2N6O8. The van der Waals surface area contributed by atoms with E-state index in [0.717, 1.165) is 0 Å². The van der Waals surface area contributed by atoms with Crippen LogP contribution in [0.5, 0.6) is 11.5 Å². The molecule has 0 atom stereocenters. The number of nitrogens with two attached hydrogens (primary N) is 2. The van der Waals surface area contributed by atoms with Crippen molar-refractivity contribution in [2.24, 2.45) is 11.5 Å². The van der Waals surface area contributed by atoms with Gasteiger partial charge in [-0.15, -0.1) is 0 Å². The van der Waals surface area contributed by atoms with E-state index in [9.17, 15) is 29.4 Å². The summed E-state index contributed by atoms with van der Waals surface area (Å²) >= 11 is 12.3. The molecule has 2 aromatic heterocycles. The molecule has 16 heteroatoms. The first kappa shape index (κ1) is 34.7. The summed E-state index contributed by atoms with van der Waals surface area (Å²) in [5.74, 6) is -3.18. The number of nitrogens with zero attached hydrogens (tertiary/aromatic N) is 4. The number of benzene rings is 4. The van der Waals surface area contributed by atoms with Gasteiger partial charge < -0.3 is 40.3 Å². The molecule has 0 bridgehead atoms. The molecule has 6 N–H and O–H groups in total. The Hall–Kier alpha value is -6.12. The van der Waals surface area contributed by atoms with Crippen molar-refractivity contribution in [3.63, 3.8) is 0 Å². The number of halogens is 2. The van der Waals surface area contributed by atoms with Crippen molar-refractivity contribution in [3.05, 3.63) is 93.0 Å². The van der Waals surface area contributed by atoms with Gasteiger partial charge >= 0.3 is 11.9 Å². The number of rotatable bonds is 12. The quantitative estimate of drug-likeness (QED) is 0.120. The molecule has 260 valence electrons. The molecule has 2 heterocycles. The number of hydrogen-bond donors (Lipinski definition) is 4. The molecule has 0 aliphatic rings. The minimum Gasteiger partial charge on any atom is -0.494 e. The molecule has 51 heavy (non-hydrogen) atoms. The van der Waals surface area contributed by atoms with E-state index in [1.807, 2.05) is 0 Å². The average molecular weight is 732 g/mol. The van der Waals surface area contributed by atoms with Crippen LogP contribution in [-0.2, 0) is 13.1 Å². The molecule has 2 amide bonds. The molecule has 4 aromatic carbocycles. The number of amides is 2. The molecule has 0 aliphatic carbocycles. The highest BCUT2D eigenvalue weighted by molar-refractivity contribution is 6.31. The lowest BCUT2D eigenvalue weighted by Gasteiger charge is -2.15. The predicted octanol–water partition coefficient (Wildman–Crippen LogP) is 5.73. The van der Waals surface area contributed by atoms with Crippen LogP contribution in [0.2, 0.25) is 10.0 Å². The van der Waals surface area contributed by atoms with Crippen LogP contribution in [0.1, 0.15) is 47.9 Å². The summed E-state index contributed by atoms with van der Waals surface area (Å²) in [7, 11) is 2.74. The number of carboxylic acids is 2. The van der Waals surface area contributed by atoms with Crippen LogP contribution in [0.25, 0.3) is 44.8 Å². The molecule has 6 rings (SSSR count). The largest absolute Gasteiger partial charge is 0.494 e. The fourth-order valence-corrected chi connectivity index (χ4v) is 6.51. The third-order valence-corrected chi connectivity index (χ3v) is 8.83. The first-order valence-corrected chi connectivity index (χ1v) is 15.9. The number of fused-ring (bicyclic) bond motifs is 2. The first-order chi connectivity index (χ1) is 24.4. The van der Waals surface area contributed by atoms with Gasteiger partial charge in [0, 0.05) is 34.3 Å². The lowest BCUT2D eigenvalue weighted by molar-refractivity contribution is 0.0686. The highest BCUT2D eigenvalue weighted by atomic mass is 35.5. The summed E-state index contributed by atoms with van der Waals surface area (Å²) in [6, 6.07) is 15.1. The normalized spacial score (nSPS) is 11.2. The van der Waals surface area contributed by atoms with E-state index in [1.165, 1.54) is 38.5 Å². The van der Waals surface area contributed by atoms with Gasteiger partial charge in [-0.05, 0) is 67.1 Å². The summed E-state index contributed by atoms with van der Waals surface area (Å²) in [6.07, 6.45) is 0.350. The Morgan fingerprint density at radius 2 is 1.04 bits per heavy atom. The summed E-state index contributed by atoms with van der Waals surface area (Å²) in [5.41, 5.74) is 13.3. The fourth-order valence-electron chi connectivity index (χ4n) is 6.16. The fraction of sp³-hybridized carbons (Fsp3) is 0.143. The molecule has 6 aromatic rings. The van der Waals surface area contributed by atoms with Crippen molar-refractivity contribution in [1.29, 1.82) is 0 Å². The van der Waals surface area contributed by atoms with Crippen molar-refractivity contribution >= 4 is 69.0 Å². The molecular weight excluding hydrogens is 703 g/mol. The standard InChI is InChI=1S/C35H28Cl2N6O8/c1-50-28-20(30(38)44)8-10-24-26(28)40-32(18-6-4-16(36)14-22(18)34(46)47)42(24)12-3-13-43-25-11-9-21(31(39)45)29(51-2)27(25)41-33(43)19-7-5-17(37)15-23(19)35(48)49/h4-11,14-15H,3,12-13H2,1-2H3,(H2,38,44)(H2,39,45)(H,46,47)(H,48,49). The molecule has 0 radical (unpaired) electrons. The van der Waals surface area contributed by atoms with E-state index in [-0.39, 0.29) is 90.7 Å². The maximum absolute atomic E-state index is 12.3. The number of hydrogen-bond acceptors (Lipinski definition) is 8. The van der Waals surface area contributed by atoms with Crippen LogP contribution in [0.3, 0.4) is 0 Å². The van der Waals surface area contributed by atoms with E-state index in [1.54, 1.807) is 45.5 Å². The summed E-state index contributed by atoms with van der Waals surface area (Å²) in [5, 5.41) is 20.6. The van der Waals surface area contributed by atoms with Gasteiger partial charge in [-0.3, -0.25) is 9.59 Å². The van der Waals surface area contributed by atoms with Gasteiger partial charge in [-0.2, -0.15) is 0 Å². The third-order valence-electron chi connectivity index (χ3n) is 8.36. The second-order valence-corrected chi connectivity index (χ2v) is 12.1. The van der Waals surface area contributed by atoms with Crippen molar-refractivity contribution in [2.75, 3.05) is 14.2 Å². The first-order valence-electron chi connectivity index (χ1n) is 15.2. The van der Waals surface area contributed by atoms with Crippen LogP contribution in [-0.4, -0.2) is 67.3 Å². The Balaban J connectivity index is 1.53. The second kappa shape index (κ2) is 13.7. The van der Waals surface area contributed by atoms with Gasteiger partial charge in [0.1, 0.15) is 22.7 Å². The maximum Gasteiger partial charge on any atom is 0.336 e. The number of aromatic nitrogens is 4. The summed E-state index contributed by atoms with van der Waals surface area (Å²) in [4.78, 5) is 58.7. The minimum atomic E-state index is -1.23. The Labute approximate surface area is 298 Å². The van der Waals surface area contributed by atoms with Crippen LogP contribution in [0.15, 0.2) is 60.7 Å². The van der Waals surface area contributed by atoms with Crippen molar-refractivity contribution < 1.29 is 38.9 Å². The SMILES string of the molecule is COc1c(C(N)=O)ccc2c1nc(-c1ccc(Cl)cc1C(=O)O)n2CCCn1c(-c2ccc(Cl)cc2C(=O)O)nc2c(OC)c(C(N)=O)ccc21. The molecule has 0 saturated carbocycles. The molecule has 0 saturated heterocycles. The van der Waals surface area contributed by atoms with Gasteiger partial charge in [-0.1, -0.05) is 23.2 Å². The Kier molecular flexibility index (Phi) is 9.30. The van der Waals surface area contributed by atoms with Crippen molar-refractivity contribution in [2.45, 2.75) is 19.5 Å². The zero-order valence-corrected chi connectivity index (χ0v) is 28.5. The predicted molar refractivity (Wildman–Crippen MR) is 189 cm³/mol. The van der Waals surface area contributed by atoms with Crippen LogP contribution < -0.4 is 20.9 Å². The number of primary amides is 2. The van der Waals surface area contributed by atoms with Gasteiger partial charge in [0.15, 0.2) is 11.5 Å².